The molecule has 3 aromatic rings. The fourth-order valence-electron chi connectivity index (χ4n) is 3.37. The van der Waals surface area contributed by atoms with Gasteiger partial charge in [-0.3, -0.25) is 4.57 Å². The number of nitrogens with zero attached hydrogens (tertiary/aromatic N) is 6. The zero-order chi connectivity index (χ0) is 23.4. The number of halogens is 4. The number of hydrogen-bond acceptors (Lipinski definition) is 7. The van der Waals surface area contributed by atoms with E-state index in [1.165, 1.54) is 41.4 Å². The Bertz CT molecular complexity index is 1130. The number of benzene rings is 1. The Balaban J connectivity index is 1.35. The van der Waals surface area contributed by atoms with Gasteiger partial charge in [-0.15, -0.1) is 0 Å². The maximum absolute atomic E-state index is 13.1. The molecule has 0 aliphatic carbocycles. The highest BCUT2D eigenvalue weighted by Crippen LogP contribution is 2.19. The zero-order valence-electron chi connectivity index (χ0n) is 17.4. The van der Waals surface area contributed by atoms with E-state index < -0.39 is 18.5 Å². The number of hydrogen-bond donors (Lipinski definition) is 0. The van der Waals surface area contributed by atoms with Gasteiger partial charge in [-0.25, -0.2) is 19.2 Å². The first kappa shape index (κ1) is 22.5. The monoisotopic (exact) mass is 464 g/mol. The molecule has 1 saturated heterocycles. The van der Waals surface area contributed by atoms with Gasteiger partial charge in [-0.05, 0) is 29.8 Å². The normalized spacial score (nSPS) is 14.4. The van der Waals surface area contributed by atoms with E-state index >= 15 is 0 Å². The summed E-state index contributed by atoms with van der Waals surface area (Å²) in [7, 11) is 0. The Kier molecular flexibility index (Phi) is 6.43. The summed E-state index contributed by atoms with van der Waals surface area (Å²) in [6.45, 7) is 1.24. The number of aromatic nitrogens is 4. The lowest BCUT2D eigenvalue weighted by Gasteiger charge is -2.36. The smallest absolute Gasteiger partial charge is 0.422 e. The minimum atomic E-state index is -4.44. The summed E-state index contributed by atoms with van der Waals surface area (Å²) >= 11 is 0. The third-order valence-electron chi connectivity index (χ3n) is 5.04. The van der Waals surface area contributed by atoms with E-state index in [0.717, 1.165) is 5.69 Å². The highest BCUT2D eigenvalue weighted by Gasteiger charge is 2.28. The fraction of sp³-hybridized carbons (Fsp3) is 0.333. The number of piperazine rings is 1. The standard InChI is InChI=1S/C21H20F4N6O2/c22-16-2-4-17(5-3-16)29-7-9-30(10-8-29)19-27-14-31(20(32)28-19)12-15-1-6-18(26-11-15)33-13-21(23,24)25/h1-6,11,14H,7-10,12-13H2. The number of pyridine rings is 1. The topological polar surface area (TPSA) is 76.4 Å². The van der Waals surface area contributed by atoms with Crippen LogP contribution in [0.1, 0.15) is 5.56 Å². The Morgan fingerprint density at radius 1 is 0.939 bits per heavy atom. The Morgan fingerprint density at radius 2 is 1.64 bits per heavy atom. The fourth-order valence-corrected chi connectivity index (χ4v) is 3.37. The average molecular weight is 464 g/mol. The molecule has 4 rings (SSSR count). The molecule has 3 heterocycles. The predicted molar refractivity (Wildman–Crippen MR) is 112 cm³/mol. The molecule has 0 atom stereocenters. The summed E-state index contributed by atoms with van der Waals surface area (Å²) in [6.07, 6.45) is -1.73. The summed E-state index contributed by atoms with van der Waals surface area (Å²) in [5, 5.41) is 0. The molecule has 0 radical (unpaired) electrons. The first-order valence-corrected chi connectivity index (χ1v) is 10.1. The first-order valence-electron chi connectivity index (χ1n) is 10.1. The first-order chi connectivity index (χ1) is 15.8. The van der Waals surface area contributed by atoms with Crippen LogP contribution in [0.15, 0.2) is 53.7 Å². The van der Waals surface area contributed by atoms with Crippen molar-refractivity contribution < 1.29 is 22.3 Å². The minimum absolute atomic E-state index is 0.115. The molecule has 8 nitrogen and oxygen atoms in total. The van der Waals surface area contributed by atoms with Gasteiger partial charge in [0.1, 0.15) is 12.1 Å². The highest BCUT2D eigenvalue weighted by atomic mass is 19.4. The minimum Gasteiger partial charge on any atom is -0.468 e. The molecule has 0 amide bonds. The van der Waals surface area contributed by atoms with E-state index in [9.17, 15) is 22.4 Å². The van der Waals surface area contributed by atoms with Gasteiger partial charge in [0.25, 0.3) is 0 Å². The van der Waals surface area contributed by atoms with Crippen LogP contribution in [0, 0.1) is 5.82 Å². The van der Waals surface area contributed by atoms with Crippen LogP contribution in [0.4, 0.5) is 29.2 Å². The maximum Gasteiger partial charge on any atom is 0.422 e. The van der Waals surface area contributed by atoms with Crippen molar-refractivity contribution in [2.24, 2.45) is 0 Å². The molecule has 1 aromatic carbocycles. The van der Waals surface area contributed by atoms with Crippen LogP contribution in [0.5, 0.6) is 5.88 Å². The Hall–Kier alpha value is -3.70. The highest BCUT2D eigenvalue weighted by molar-refractivity contribution is 5.48. The molecule has 0 N–H and O–H groups in total. The molecule has 1 aliphatic rings. The van der Waals surface area contributed by atoms with Crippen molar-refractivity contribution >= 4 is 11.6 Å². The van der Waals surface area contributed by atoms with Crippen molar-refractivity contribution in [3.63, 3.8) is 0 Å². The summed E-state index contributed by atoms with van der Waals surface area (Å²) in [5.74, 6) is -0.119. The number of ether oxygens (including phenoxy) is 1. The molecule has 2 aromatic heterocycles. The van der Waals surface area contributed by atoms with Crippen LogP contribution < -0.4 is 20.2 Å². The summed E-state index contributed by atoms with van der Waals surface area (Å²) in [5.41, 5.74) is 1.01. The van der Waals surface area contributed by atoms with Gasteiger partial charge in [-0.2, -0.15) is 18.2 Å². The molecule has 0 unspecified atom stereocenters. The molecule has 0 spiro atoms. The van der Waals surface area contributed by atoms with Crippen LogP contribution in [-0.2, 0) is 6.54 Å². The second kappa shape index (κ2) is 9.43. The van der Waals surface area contributed by atoms with Gasteiger partial charge < -0.3 is 14.5 Å². The third-order valence-corrected chi connectivity index (χ3v) is 5.04. The van der Waals surface area contributed by atoms with E-state index in [4.69, 9.17) is 0 Å². The van der Waals surface area contributed by atoms with Gasteiger partial charge in [-0.1, -0.05) is 6.07 Å². The molecule has 33 heavy (non-hydrogen) atoms. The summed E-state index contributed by atoms with van der Waals surface area (Å²) in [4.78, 5) is 28.6. The quantitative estimate of drug-likeness (QED) is 0.519. The van der Waals surface area contributed by atoms with Crippen molar-refractivity contribution in [1.29, 1.82) is 0 Å². The van der Waals surface area contributed by atoms with E-state index in [1.54, 1.807) is 12.1 Å². The lowest BCUT2D eigenvalue weighted by molar-refractivity contribution is -0.154. The average Bonchev–Trinajstić information content (AvgIpc) is 2.80. The molecule has 1 aliphatic heterocycles. The molecule has 1 fully saturated rings. The van der Waals surface area contributed by atoms with Crippen LogP contribution in [0.25, 0.3) is 0 Å². The molecule has 12 heteroatoms. The number of anilines is 2. The van der Waals surface area contributed by atoms with Crippen molar-refractivity contribution in [1.82, 2.24) is 19.5 Å². The number of rotatable bonds is 6. The SMILES string of the molecule is O=c1nc(N2CCN(c3ccc(F)cc3)CC2)ncn1Cc1ccc(OCC(F)(F)F)nc1. The van der Waals surface area contributed by atoms with E-state index in [2.05, 4.69) is 24.6 Å². The maximum atomic E-state index is 13.1. The van der Waals surface area contributed by atoms with Crippen LogP contribution in [0.3, 0.4) is 0 Å². The Labute approximate surface area is 186 Å². The molecular formula is C21H20F4N6O2. The second-order valence-corrected chi connectivity index (χ2v) is 7.43. The third kappa shape index (κ3) is 5.96. The van der Waals surface area contributed by atoms with Gasteiger partial charge >= 0.3 is 11.9 Å². The van der Waals surface area contributed by atoms with Gasteiger partial charge in [0, 0.05) is 44.1 Å². The van der Waals surface area contributed by atoms with Crippen molar-refractivity contribution in [2.45, 2.75) is 12.7 Å². The van der Waals surface area contributed by atoms with Crippen LogP contribution in [-0.4, -0.2) is 58.5 Å². The molecular weight excluding hydrogens is 444 g/mol. The molecule has 0 bridgehead atoms. The largest absolute Gasteiger partial charge is 0.468 e. The van der Waals surface area contributed by atoms with Gasteiger partial charge in [0.05, 0.1) is 6.54 Å². The van der Waals surface area contributed by atoms with Gasteiger partial charge in [0.15, 0.2) is 6.61 Å². The lowest BCUT2D eigenvalue weighted by Crippen LogP contribution is -2.47. The molecule has 174 valence electrons. The number of alkyl halides is 3. The van der Waals surface area contributed by atoms with Crippen molar-refractivity contribution in [3.8, 4) is 5.88 Å². The van der Waals surface area contributed by atoms with Crippen molar-refractivity contribution in [3.05, 3.63) is 70.8 Å². The molecule has 0 saturated carbocycles. The summed E-state index contributed by atoms with van der Waals surface area (Å²) in [6, 6.07) is 9.13. The van der Waals surface area contributed by atoms with Gasteiger partial charge in [0.2, 0.25) is 11.8 Å². The van der Waals surface area contributed by atoms with Crippen LogP contribution >= 0.6 is 0 Å². The summed E-state index contributed by atoms with van der Waals surface area (Å²) < 4.78 is 55.6. The van der Waals surface area contributed by atoms with Crippen molar-refractivity contribution in [2.75, 3.05) is 42.6 Å². The van der Waals surface area contributed by atoms with E-state index in [-0.39, 0.29) is 18.2 Å². The Morgan fingerprint density at radius 3 is 2.24 bits per heavy atom. The second-order valence-electron chi connectivity index (χ2n) is 7.43. The van der Waals surface area contributed by atoms with E-state index in [1.807, 2.05) is 4.90 Å². The van der Waals surface area contributed by atoms with E-state index in [0.29, 0.717) is 37.7 Å². The zero-order valence-corrected chi connectivity index (χ0v) is 17.4. The predicted octanol–water partition coefficient (Wildman–Crippen LogP) is 2.49. The van der Waals surface area contributed by atoms with Crippen LogP contribution in [0.2, 0.25) is 0 Å². The lowest BCUT2D eigenvalue weighted by atomic mass is 10.2.